The summed E-state index contributed by atoms with van der Waals surface area (Å²) in [5.74, 6) is 0.250. The van der Waals surface area contributed by atoms with Crippen LogP contribution in [0.1, 0.15) is 6.92 Å². The number of hydrogen-bond donors (Lipinski definition) is 2. The molecule has 1 rings (SSSR count). The number of amides is 1. The predicted octanol–water partition coefficient (Wildman–Crippen LogP) is 2.17. The van der Waals surface area contributed by atoms with Crippen LogP contribution in [0.2, 0.25) is 5.02 Å². The molecule has 6 heteroatoms. The minimum atomic E-state index is -0.0527. The van der Waals surface area contributed by atoms with Crippen molar-refractivity contribution in [3.63, 3.8) is 0 Å². The summed E-state index contributed by atoms with van der Waals surface area (Å²) in [4.78, 5) is 12.4. The average molecular weight is 289 g/mol. The summed E-state index contributed by atoms with van der Waals surface area (Å²) < 4.78 is 4.94. The molecule has 0 aliphatic rings. The van der Waals surface area contributed by atoms with Crippen molar-refractivity contribution < 1.29 is 9.53 Å². The fourth-order valence-corrected chi connectivity index (χ4v) is 2.46. The Kier molecular flexibility index (Phi) is 6.32. The lowest BCUT2D eigenvalue weighted by Crippen LogP contribution is -2.36. The monoisotopic (exact) mass is 288 g/mol. The van der Waals surface area contributed by atoms with E-state index in [9.17, 15) is 4.79 Å². The van der Waals surface area contributed by atoms with Gasteiger partial charge in [-0.25, -0.2) is 0 Å². The van der Waals surface area contributed by atoms with E-state index in [0.717, 1.165) is 4.90 Å². The molecule has 0 fully saturated rings. The van der Waals surface area contributed by atoms with Crippen molar-refractivity contribution in [1.29, 1.82) is 0 Å². The van der Waals surface area contributed by atoms with Crippen LogP contribution in [-0.4, -0.2) is 31.4 Å². The van der Waals surface area contributed by atoms with Gasteiger partial charge in [-0.05, 0) is 25.1 Å². The van der Waals surface area contributed by atoms with Crippen LogP contribution in [0.25, 0.3) is 0 Å². The zero-order valence-corrected chi connectivity index (χ0v) is 12.0. The first-order chi connectivity index (χ1) is 8.52. The first-order valence-electron chi connectivity index (χ1n) is 5.49. The summed E-state index contributed by atoms with van der Waals surface area (Å²) in [6.07, 6.45) is 0. The van der Waals surface area contributed by atoms with Crippen LogP contribution in [-0.2, 0) is 9.53 Å². The second-order valence-electron chi connectivity index (χ2n) is 3.90. The molecule has 4 nitrogen and oxygen atoms in total. The zero-order valence-electron chi connectivity index (χ0n) is 10.4. The van der Waals surface area contributed by atoms with Crippen molar-refractivity contribution in [3.8, 4) is 0 Å². The zero-order chi connectivity index (χ0) is 13.5. The molecule has 0 bridgehead atoms. The number of hydrogen-bond acceptors (Lipinski definition) is 4. The molecule has 0 aromatic heterocycles. The van der Waals surface area contributed by atoms with Gasteiger partial charge in [0.05, 0.1) is 17.4 Å². The van der Waals surface area contributed by atoms with E-state index >= 15 is 0 Å². The lowest BCUT2D eigenvalue weighted by molar-refractivity contribution is -0.119. The van der Waals surface area contributed by atoms with Gasteiger partial charge in [-0.2, -0.15) is 0 Å². The van der Waals surface area contributed by atoms with Gasteiger partial charge in [-0.1, -0.05) is 11.6 Å². The molecule has 1 aromatic rings. The third kappa shape index (κ3) is 5.16. The third-order valence-electron chi connectivity index (χ3n) is 2.14. The maximum atomic E-state index is 11.6. The second kappa shape index (κ2) is 7.51. The molecule has 1 atom stereocenters. The molecule has 0 spiro atoms. The Bertz CT molecular complexity index is 415. The van der Waals surface area contributed by atoms with Gasteiger partial charge in [-0.15, -0.1) is 11.8 Å². The number of halogens is 1. The Balaban J connectivity index is 2.45. The largest absolute Gasteiger partial charge is 0.399 e. The highest BCUT2D eigenvalue weighted by molar-refractivity contribution is 8.00. The molecule has 0 aliphatic carbocycles. The molecule has 100 valence electrons. The standard InChI is InChI=1S/C12H17ClN2O2S/c1-8(6-17-2)15-12(16)7-18-11-5-9(14)3-4-10(11)13/h3-5,8H,6-7,14H2,1-2H3,(H,15,16). The maximum absolute atomic E-state index is 11.6. The molecular formula is C12H17ClN2O2S. The highest BCUT2D eigenvalue weighted by Crippen LogP contribution is 2.28. The number of carbonyl (C=O) groups excluding carboxylic acids is 1. The van der Waals surface area contributed by atoms with Gasteiger partial charge < -0.3 is 15.8 Å². The van der Waals surface area contributed by atoms with Crippen LogP contribution >= 0.6 is 23.4 Å². The number of anilines is 1. The molecule has 0 heterocycles. The number of rotatable bonds is 6. The Hall–Kier alpha value is -0.910. The van der Waals surface area contributed by atoms with Crippen molar-refractivity contribution >= 4 is 35.0 Å². The first kappa shape index (κ1) is 15.1. The van der Waals surface area contributed by atoms with E-state index in [-0.39, 0.29) is 11.9 Å². The van der Waals surface area contributed by atoms with E-state index in [1.165, 1.54) is 11.8 Å². The highest BCUT2D eigenvalue weighted by atomic mass is 35.5. The van der Waals surface area contributed by atoms with Gasteiger partial charge in [0.1, 0.15) is 0 Å². The van der Waals surface area contributed by atoms with Crippen molar-refractivity contribution in [2.45, 2.75) is 17.9 Å². The van der Waals surface area contributed by atoms with E-state index in [4.69, 9.17) is 22.1 Å². The topological polar surface area (TPSA) is 64.3 Å². The molecule has 1 amide bonds. The lowest BCUT2D eigenvalue weighted by atomic mass is 10.3. The summed E-state index contributed by atoms with van der Waals surface area (Å²) in [5, 5.41) is 3.43. The van der Waals surface area contributed by atoms with E-state index in [2.05, 4.69) is 5.32 Å². The summed E-state index contributed by atoms with van der Waals surface area (Å²) in [5.41, 5.74) is 6.30. The van der Waals surface area contributed by atoms with E-state index < -0.39 is 0 Å². The van der Waals surface area contributed by atoms with Crippen LogP contribution in [0.15, 0.2) is 23.1 Å². The Labute approximate surface area is 116 Å². The predicted molar refractivity (Wildman–Crippen MR) is 76.1 cm³/mol. The molecular weight excluding hydrogens is 272 g/mol. The smallest absolute Gasteiger partial charge is 0.230 e. The van der Waals surface area contributed by atoms with Gasteiger partial charge in [0.15, 0.2) is 0 Å². The normalized spacial score (nSPS) is 12.2. The van der Waals surface area contributed by atoms with E-state index in [1.807, 2.05) is 6.92 Å². The SMILES string of the molecule is COCC(C)NC(=O)CSc1cc(N)ccc1Cl. The van der Waals surface area contributed by atoms with E-state index in [0.29, 0.717) is 23.1 Å². The summed E-state index contributed by atoms with van der Waals surface area (Å²) >= 11 is 7.37. The molecule has 1 unspecified atom stereocenters. The van der Waals surface area contributed by atoms with Gasteiger partial charge in [0, 0.05) is 23.7 Å². The highest BCUT2D eigenvalue weighted by Gasteiger charge is 2.09. The Morgan fingerprint density at radius 1 is 1.61 bits per heavy atom. The Morgan fingerprint density at radius 2 is 2.33 bits per heavy atom. The van der Waals surface area contributed by atoms with Gasteiger partial charge >= 0.3 is 0 Å². The van der Waals surface area contributed by atoms with Crippen molar-refractivity contribution in [1.82, 2.24) is 5.32 Å². The van der Waals surface area contributed by atoms with Crippen molar-refractivity contribution in [2.75, 3.05) is 25.2 Å². The van der Waals surface area contributed by atoms with Crippen LogP contribution in [0, 0.1) is 0 Å². The molecule has 1 aromatic carbocycles. The van der Waals surface area contributed by atoms with Gasteiger partial charge in [-0.3, -0.25) is 4.79 Å². The van der Waals surface area contributed by atoms with Gasteiger partial charge in [0.25, 0.3) is 0 Å². The maximum Gasteiger partial charge on any atom is 0.230 e. The minimum absolute atomic E-state index is 0.000542. The Morgan fingerprint density at radius 3 is 3.00 bits per heavy atom. The fraction of sp³-hybridized carbons (Fsp3) is 0.417. The molecule has 3 N–H and O–H groups in total. The van der Waals surface area contributed by atoms with Crippen LogP contribution in [0.4, 0.5) is 5.69 Å². The number of nitrogen functional groups attached to an aromatic ring is 1. The molecule has 0 radical (unpaired) electrons. The number of thioether (sulfide) groups is 1. The van der Waals surface area contributed by atoms with Crippen molar-refractivity contribution in [2.24, 2.45) is 0 Å². The number of ether oxygens (including phenoxy) is 1. The first-order valence-corrected chi connectivity index (χ1v) is 6.85. The quantitative estimate of drug-likeness (QED) is 0.622. The second-order valence-corrected chi connectivity index (χ2v) is 5.33. The average Bonchev–Trinajstić information content (AvgIpc) is 2.30. The van der Waals surface area contributed by atoms with Crippen LogP contribution < -0.4 is 11.1 Å². The van der Waals surface area contributed by atoms with Crippen LogP contribution in [0.3, 0.4) is 0 Å². The lowest BCUT2D eigenvalue weighted by Gasteiger charge is -2.12. The van der Waals surface area contributed by atoms with E-state index in [1.54, 1.807) is 25.3 Å². The van der Waals surface area contributed by atoms with Crippen LogP contribution in [0.5, 0.6) is 0 Å². The summed E-state index contributed by atoms with van der Waals surface area (Å²) in [6.45, 7) is 2.38. The molecule has 0 saturated carbocycles. The molecule has 18 heavy (non-hydrogen) atoms. The molecule has 0 saturated heterocycles. The van der Waals surface area contributed by atoms with Crippen molar-refractivity contribution in [3.05, 3.63) is 23.2 Å². The number of carbonyl (C=O) groups is 1. The number of nitrogens with two attached hydrogens (primary N) is 1. The van der Waals surface area contributed by atoms with Gasteiger partial charge in [0.2, 0.25) is 5.91 Å². The summed E-state index contributed by atoms with van der Waals surface area (Å²) in [6, 6.07) is 5.22. The fourth-order valence-electron chi connectivity index (χ4n) is 1.38. The summed E-state index contributed by atoms with van der Waals surface area (Å²) in [7, 11) is 1.60. The number of methoxy groups -OCH3 is 1. The molecule has 0 aliphatic heterocycles. The number of benzene rings is 1. The minimum Gasteiger partial charge on any atom is -0.399 e. The number of nitrogens with one attached hydrogen (secondary N) is 1. The third-order valence-corrected chi connectivity index (χ3v) is 3.64.